The molecule has 3 aliphatic rings. The fraction of sp³-hybridized carbons (Fsp3) is 0.929. The van der Waals surface area contributed by atoms with Gasteiger partial charge < -0.3 is 10.2 Å². The summed E-state index contributed by atoms with van der Waals surface area (Å²) in [6, 6.07) is 0. The topological polar surface area (TPSA) is 69.7 Å². The summed E-state index contributed by atoms with van der Waals surface area (Å²) < 4.78 is 24.6. The van der Waals surface area contributed by atoms with Crippen molar-refractivity contribution in [3.05, 3.63) is 0 Å². The summed E-state index contributed by atoms with van der Waals surface area (Å²) in [6.45, 7) is 3.66. The van der Waals surface area contributed by atoms with Gasteiger partial charge in [0.2, 0.25) is 15.9 Å². The fourth-order valence-corrected chi connectivity index (χ4v) is 5.03. The number of carbonyl (C=O) groups is 1. The van der Waals surface area contributed by atoms with Crippen LogP contribution in [0.1, 0.15) is 25.7 Å². The SMILES string of the molecule is CS(=O)(=O)N1CCN(C(=O)[C@@]23CCCC[C@H]2CNC3)CC1. The maximum Gasteiger partial charge on any atom is 0.230 e. The first kappa shape index (κ1) is 15.2. The molecule has 0 aromatic rings. The van der Waals surface area contributed by atoms with Gasteiger partial charge in [-0.1, -0.05) is 12.8 Å². The third-order valence-corrected chi connectivity index (χ3v) is 6.76. The first-order valence-corrected chi connectivity index (χ1v) is 9.73. The minimum Gasteiger partial charge on any atom is -0.340 e. The molecule has 0 aromatic carbocycles. The molecule has 2 aliphatic heterocycles. The van der Waals surface area contributed by atoms with Gasteiger partial charge in [0, 0.05) is 32.7 Å². The van der Waals surface area contributed by atoms with E-state index in [4.69, 9.17) is 0 Å². The van der Waals surface area contributed by atoms with Crippen LogP contribution in [0.2, 0.25) is 0 Å². The van der Waals surface area contributed by atoms with E-state index >= 15 is 0 Å². The van der Waals surface area contributed by atoms with Crippen molar-refractivity contribution < 1.29 is 13.2 Å². The fourth-order valence-electron chi connectivity index (χ4n) is 4.21. The number of sulfonamides is 1. The summed E-state index contributed by atoms with van der Waals surface area (Å²) in [7, 11) is -3.14. The summed E-state index contributed by atoms with van der Waals surface area (Å²) >= 11 is 0. The molecule has 120 valence electrons. The molecule has 2 atom stereocenters. The van der Waals surface area contributed by atoms with Gasteiger partial charge in [-0.05, 0) is 25.3 Å². The second-order valence-corrected chi connectivity index (χ2v) is 8.67. The van der Waals surface area contributed by atoms with Crippen molar-refractivity contribution in [3.63, 3.8) is 0 Å². The van der Waals surface area contributed by atoms with E-state index in [2.05, 4.69) is 5.32 Å². The lowest BCUT2D eigenvalue weighted by molar-refractivity contribution is -0.146. The minimum absolute atomic E-state index is 0.217. The van der Waals surface area contributed by atoms with Crippen LogP contribution >= 0.6 is 0 Å². The predicted molar refractivity (Wildman–Crippen MR) is 80.3 cm³/mol. The van der Waals surface area contributed by atoms with Crippen LogP contribution in [0.25, 0.3) is 0 Å². The Morgan fingerprint density at radius 1 is 1.19 bits per heavy atom. The highest BCUT2D eigenvalue weighted by molar-refractivity contribution is 7.88. The zero-order valence-electron chi connectivity index (χ0n) is 12.7. The number of carbonyl (C=O) groups excluding carboxylic acids is 1. The Morgan fingerprint density at radius 3 is 2.57 bits per heavy atom. The molecule has 0 radical (unpaired) electrons. The van der Waals surface area contributed by atoms with Crippen LogP contribution in [-0.2, 0) is 14.8 Å². The standard InChI is InChI=1S/C14H25N3O3S/c1-21(19,20)17-8-6-16(7-9-17)13(18)14-5-3-2-4-12(14)10-15-11-14/h12,15H,2-11H2,1H3/t12-,14+/m0/s1. The van der Waals surface area contributed by atoms with Gasteiger partial charge in [0.1, 0.15) is 0 Å². The predicted octanol–water partition coefficient (Wildman–Crippen LogP) is -0.130. The molecule has 1 aliphatic carbocycles. The van der Waals surface area contributed by atoms with Crippen LogP contribution in [0.3, 0.4) is 0 Å². The Hall–Kier alpha value is -0.660. The lowest BCUT2D eigenvalue weighted by Gasteiger charge is -2.43. The Kier molecular flexibility index (Phi) is 4.00. The van der Waals surface area contributed by atoms with E-state index in [1.807, 2.05) is 4.90 Å². The number of hydrogen-bond acceptors (Lipinski definition) is 4. The van der Waals surface area contributed by atoms with E-state index in [0.29, 0.717) is 32.1 Å². The Labute approximate surface area is 126 Å². The highest BCUT2D eigenvalue weighted by atomic mass is 32.2. The molecule has 6 nitrogen and oxygen atoms in total. The van der Waals surface area contributed by atoms with Crippen LogP contribution in [0.5, 0.6) is 0 Å². The lowest BCUT2D eigenvalue weighted by atomic mass is 9.67. The van der Waals surface area contributed by atoms with E-state index in [1.54, 1.807) is 0 Å². The van der Waals surface area contributed by atoms with Crippen molar-refractivity contribution >= 4 is 15.9 Å². The average Bonchev–Trinajstić information content (AvgIpc) is 2.90. The Bertz CT molecular complexity index is 514. The largest absolute Gasteiger partial charge is 0.340 e. The zero-order valence-corrected chi connectivity index (χ0v) is 13.5. The second-order valence-electron chi connectivity index (χ2n) is 6.68. The maximum atomic E-state index is 13.0. The summed E-state index contributed by atoms with van der Waals surface area (Å²) in [4.78, 5) is 14.9. The van der Waals surface area contributed by atoms with Crippen LogP contribution in [-0.4, -0.2) is 69.1 Å². The molecular weight excluding hydrogens is 290 g/mol. The summed E-state index contributed by atoms with van der Waals surface area (Å²) in [5, 5.41) is 3.40. The quantitative estimate of drug-likeness (QED) is 0.771. The summed E-state index contributed by atoms with van der Waals surface area (Å²) in [5.41, 5.74) is -0.217. The molecule has 3 fully saturated rings. The number of fused-ring (bicyclic) bond motifs is 1. The molecule has 3 rings (SSSR count). The highest BCUT2D eigenvalue weighted by Gasteiger charge is 2.51. The van der Waals surface area contributed by atoms with Crippen molar-refractivity contribution in [2.24, 2.45) is 11.3 Å². The number of piperazine rings is 1. The van der Waals surface area contributed by atoms with Crippen LogP contribution < -0.4 is 5.32 Å². The third kappa shape index (κ3) is 2.71. The maximum absolute atomic E-state index is 13.0. The van der Waals surface area contributed by atoms with E-state index < -0.39 is 10.0 Å². The number of amides is 1. The second kappa shape index (κ2) is 5.52. The van der Waals surface area contributed by atoms with Crippen molar-refractivity contribution in [2.45, 2.75) is 25.7 Å². The molecule has 0 bridgehead atoms. The third-order valence-electron chi connectivity index (χ3n) is 5.46. The van der Waals surface area contributed by atoms with Crippen molar-refractivity contribution in [1.29, 1.82) is 0 Å². The minimum atomic E-state index is -3.14. The Morgan fingerprint density at radius 2 is 1.90 bits per heavy atom. The average molecular weight is 315 g/mol. The monoisotopic (exact) mass is 315 g/mol. The summed E-state index contributed by atoms with van der Waals surface area (Å²) in [5.74, 6) is 0.719. The van der Waals surface area contributed by atoms with Gasteiger partial charge in [-0.15, -0.1) is 0 Å². The molecule has 21 heavy (non-hydrogen) atoms. The zero-order chi connectivity index (χ0) is 15.1. The molecule has 2 saturated heterocycles. The molecular formula is C14H25N3O3S. The van der Waals surface area contributed by atoms with E-state index in [9.17, 15) is 13.2 Å². The smallest absolute Gasteiger partial charge is 0.230 e. The molecule has 0 aromatic heterocycles. The first-order valence-electron chi connectivity index (χ1n) is 7.89. The molecule has 0 unspecified atom stereocenters. The van der Waals surface area contributed by atoms with Crippen LogP contribution in [0.15, 0.2) is 0 Å². The van der Waals surface area contributed by atoms with Crippen molar-refractivity contribution in [3.8, 4) is 0 Å². The molecule has 0 spiro atoms. The molecule has 1 saturated carbocycles. The van der Waals surface area contributed by atoms with Gasteiger partial charge in [-0.25, -0.2) is 8.42 Å². The number of nitrogens with one attached hydrogen (secondary N) is 1. The van der Waals surface area contributed by atoms with Crippen LogP contribution in [0.4, 0.5) is 0 Å². The Balaban J connectivity index is 1.69. The molecule has 1 N–H and O–H groups in total. The molecule has 2 heterocycles. The van der Waals surface area contributed by atoms with Gasteiger partial charge in [-0.3, -0.25) is 4.79 Å². The molecule has 1 amide bonds. The summed E-state index contributed by atoms with van der Waals surface area (Å²) in [6.07, 6.45) is 5.72. The van der Waals surface area contributed by atoms with Gasteiger partial charge >= 0.3 is 0 Å². The van der Waals surface area contributed by atoms with Gasteiger partial charge in [0.15, 0.2) is 0 Å². The van der Waals surface area contributed by atoms with Gasteiger partial charge in [0.05, 0.1) is 11.7 Å². The van der Waals surface area contributed by atoms with Crippen molar-refractivity contribution in [2.75, 3.05) is 45.5 Å². The van der Waals surface area contributed by atoms with Crippen molar-refractivity contribution in [1.82, 2.24) is 14.5 Å². The van der Waals surface area contributed by atoms with Gasteiger partial charge in [-0.2, -0.15) is 4.31 Å². The van der Waals surface area contributed by atoms with E-state index in [1.165, 1.54) is 17.0 Å². The highest BCUT2D eigenvalue weighted by Crippen LogP contribution is 2.45. The first-order chi connectivity index (χ1) is 9.93. The number of rotatable bonds is 2. The van der Waals surface area contributed by atoms with Crippen LogP contribution in [0, 0.1) is 11.3 Å². The van der Waals surface area contributed by atoms with E-state index in [0.717, 1.165) is 32.4 Å². The van der Waals surface area contributed by atoms with E-state index in [-0.39, 0.29) is 11.3 Å². The number of hydrogen-bond donors (Lipinski definition) is 1. The number of nitrogens with zero attached hydrogens (tertiary/aromatic N) is 2. The molecule has 7 heteroatoms. The lowest BCUT2D eigenvalue weighted by Crippen LogP contribution is -2.56. The normalized spacial score (nSPS) is 34.7. The van der Waals surface area contributed by atoms with Gasteiger partial charge in [0.25, 0.3) is 0 Å².